The van der Waals surface area contributed by atoms with Gasteiger partial charge in [-0.15, -0.1) is 10.2 Å². The van der Waals surface area contributed by atoms with Crippen molar-refractivity contribution < 1.29 is 9.52 Å². The van der Waals surface area contributed by atoms with Crippen LogP contribution in [0, 0.1) is 6.92 Å². The number of aliphatic hydroxyl groups is 1. The minimum atomic E-state index is -0.902. The Balaban J connectivity index is 1.88. The number of aliphatic hydroxyl groups excluding tert-OH is 1. The topological polar surface area (TPSA) is 59.2 Å². The lowest BCUT2D eigenvalue weighted by Gasteiger charge is -2.06. The molecule has 0 aliphatic rings. The molecule has 0 aliphatic carbocycles. The predicted octanol–water partition coefficient (Wildman–Crippen LogP) is 3.13. The number of hydrogen-bond acceptors (Lipinski definition) is 4. The summed E-state index contributed by atoms with van der Waals surface area (Å²) >= 11 is 0. The summed E-state index contributed by atoms with van der Waals surface area (Å²) in [5.74, 6) is 0.611. The third-order valence-electron chi connectivity index (χ3n) is 3.09. The number of nitrogens with zero attached hydrogens (tertiary/aromatic N) is 2. The van der Waals surface area contributed by atoms with Crippen LogP contribution in [0.4, 0.5) is 0 Å². The van der Waals surface area contributed by atoms with Crippen molar-refractivity contribution >= 4 is 0 Å². The monoisotopic (exact) mass is 266 g/mol. The molecule has 0 bridgehead atoms. The lowest BCUT2D eigenvalue weighted by atomic mass is 10.1. The number of rotatable bonds is 3. The van der Waals surface area contributed by atoms with Gasteiger partial charge in [0.2, 0.25) is 11.8 Å². The van der Waals surface area contributed by atoms with E-state index in [1.54, 1.807) is 0 Å². The van der Waals surface area contributed by atoms with E-state index < -0.39 is 6.10 Å². The summed E-state index contributed by atoms with van der Waals surface area (Å²) in [7, 11) is 0. The lowest BCUT2D eigenvalue weighted by molar-refractivity contribution is 0.183. The van der Waals surface area contributed by atoms with E-state index in [1.165, 1.54) is 0 Å². The zero-order valence-electron chi connectivity index (χ0n) is 11.0. The van der Waals surface area contributed by atoms with Crippen LogP contribution in [0.1, 0.15) is 23.1 Å². The summed E-state index contributed by atoms with van der Waals surface area (Å²) < 4.78 is 5.54. The predicted molar refractivity (Wildman–Crippen MR) is 75.0 cm³/mol. The van der Waals surface area contributed by atoms with Crippen molar-refractivity contribution in [3.63, 3.8) is 0 Å². The maximum absolute atomic E-state index is 10.2. The Morgan fingerprint density at radius 2 is 1.65 bits per heavy atom. The van der Waals surface area contributed by atoms with Crippen molar-refractivity contribution in [2.45, 2.75) is 13.0 Å². The summed E-state index contributed by atoms with van der Waals surface area (Å²) in [6, 6.07) is 17.1. The summed E-state index contributed by atoms with van der Waals surface area (Å²) in [5, 5.41) is 18.1. The molecule has 2 aromatic carbocycles. The molecule has 1 unspecified atom stereocenters. The number of benzene rings is 2. The van der Waals surface area contributed by atoms with Gasteiger partial charge in [-0.3, -0.25) is 0 Å². The van der Waals surface area contributed by atoms with E-state index in [1.807, 2.05) is 61.5 Å². The normalized spacial score (nSPS) is 12.3. The standard InChI is InChI=1S/C16H14N2O2/c1-11-7-9-12(10-8-11)14(19)16-18-17-15(20-16)13-5-3-2-4-6-13/h2-10,14,19H,1H3. The van der Waals surface area contributed by atoms with E-state index in [2.05, 4.69) is 10.2 Å². The summed E-state index contributed by atoms with van der Waals surface area (Å²) in [6.45, 7) is 2.00. The van der Waals surface area contributed by atoms with Crippen LogP contribution in [0.15, 0.2) is 59.0 Å². The van der Waals surface area contributed by atoms with Gasteiger partial charge < -0.3 is 9.52 Å². The maximum atomic E-state index is 10.2. The second-order valence-corrected chi connectivity index (χ2v) is 4.62. The fourth-order valence-electron chi connectivity index (χ4n) is 1.93. The summed E-state index contributed by atoms with van der Waals surface area (Å²) in [4.78, 5) is 0. The summed E-state index contributed by atoms with van der Waals surface area (Å²) in [6.07, 6.45) is -0.902. The molecule has 4 heteroatoms. The zero-order valence-corrected chi connectivity index (χ0v) is 11.0. The van der Waals surface area contributed by atoms with Crippen molar-refractivity contribution in [2.75, 3.05) is 0 Å². The molecular weight excluding hydrogens is 252 g/mol. The minimum absolute atomic E-state index is 0.202. The van der Waals surface area contributed by atoms with Gasteiger partial charge in [0.25, 0.3) is 0 Å². The van der Waals surface area contributed by atoms with Gasteiger partial charge in [-0.1, -0.05) is 48.0 Å². The van der Waals surface area contributed by atoms with Crippen molar-refractivity contribution in [3.05, 3.63) is 71.6 Å². The SMILES string of the molecule is Cc1ccc(C(O)c2nnc(-c3ccccc3)o2)cc1. The van der Waals surface area contributed by atoms with E-state index in [0.717, 1.165) is 16.7 Å². The van der Waals surface area contributed by atoms with Gasteiger partial charge in [0.15, 0.2) is 6.10 Å². The molecule has 1 aromatic heterocycles. The first kappa shape index (κ1) is 12.6. The van der Waals surface area contributed by atoms with Crippen LogP contribution in [-0.2, 0) is 0 Å². The molecule has 100 valence electrons. The molecule has 0 amide bonds. The van der Waals surface area contributed by atoms with Crippen LogP contribution in [0.3, 0.4) is 0 Å². The molecule has 3 aromatic rings. The number of aromatic nitrogens is 2. The molecule has 0 saturated carbocycles. The van der Waals surface area contributed by atoms with Crippen molar-refractivity contribution in [3.8, 4) is 11.5 Å². The quantitative estimate of drug-likeness (QED) is 0.791. The fourth-order valence-corrected chi connectivity index (χ4v) is 1.93. The molecule has 1 atom stereocenters. The molecule has 0 fully saturated rings. The number of hydrogen-bond donors (Lipinski definition) is 1. The first-order valence-corrected chi connectivity index (χ1v) is 6.37. The van der Waals surface area contributed by atoms with Gasteiger partial charge in [-0.2, -0.15) is 0 Å². The fraction of sp³-hybridized carbons (Fsp3) is 0.125. The molecule has 3 rings (SSSR count). The first-order valence-electron chi connectivity index (χ1n) is 6.37. The van der Waals surface area contributed by atoms with Crippen molar-refractivity contribution in [2.24, 2.45) is 0 Å². The Morgan fingerprint density at radius 3 is 2.35 bits per heavy atom. The molecule has 1 heterocycles. The van der Waals surface area contributed by atoms with E-state index in [-0.39, 0.29) is 5.89 Å². The van der Waals surface area contributed by atoms with Crippen LogP contribution in [0.2, 0.25) is 0 Å². The third kappa shape index (κ3) is 2.46. The van der Waals surface area contributed by atoms with Gasteiger partial charge in [0.05, 0.1) is 0 Å². The number of aryl methyl sites for hydroxylation is 1. The van der Waals surface area contributed by atoms with E-state index in [0.29, 0.717) is 5.89 Å². The Kier molecular flexibility index (Phi) is 3.31. The van der Waals surface area contributed by atoms with Gasteiger partial charge in [-0.25, -0.2) is 0 Å². The van der Waals surface area contributed by atoms with E-state index >= 15 is 0 Å². The summed E-state index contributed by atoms with van der Waals surface area (Å²) in [5.41, 5.74) is 2.71. The highest BCUT2D eigenvalue weighted by atomic mass is 16.4. The van der Waals surface area contributed by atoms with Gasteiger partial charge in [0, 0.05) is 5.56 Å². The second kappa shape index (κ2) is 5.27. The van der Waals surface area contributed by atoms with Crippen molar-refractivity contribution in [1.82, 2.24) is 10.2 Å². The van der Waals surface area contributed by atoms with E-state index in [4.69, 9.17) is 4.42 Å². The Morgan fingerprint density at radius 1 is 0.950 bits per heavy atom. The van der Waals surface area contributed by atoms with Gasteiger partial charge in [-0.05, 0) is 24.6 Å². The highest BCUT2D eigenvalue weighted by Gasteiger charge is 2.18. The minimum Gasteiger partial charge on any atom is -0.417 e. The Bertz CT molecular complexity index is 690. The zero-order chi connectivity index (χ0) is 13.9. The largest absolute Gasteiger partial charge is 0.417 e. The molecule has 0 radical (unpaired) electrons. The van der Waals surface area contributed by atoms with Crippen LogP contribution >= 0.6 is 0 Å². The maximum Gasteiger partial charge on any atom is 0.249 e. The molecule has 0 saturated heterocycles. The first-order chi connectivity index (χ1) is 9.74. The van der Waals surface area contributed by atoms with E-state index in [9.17, 15) is 5.11 Å². The average molecular weight is 266 g/mol. The van der Waals surface area contributed by atoms with Gasteiger partial charge in [0.1, 0.15) is 0 Å². The van der Waals surface area contributed by atoms with Crippen LogP contribution in [0.25, 0.3) is 11.5 Å². The van der Waals surface area contributed by atoms with Crippen LogP contribution in [-0.4, -0.2) is 15.3 Å². The molecule has 4 nitrogen and oxygen atoms in total. The molecular formula is C16H14N2O2. The molecule has 0 spiro atoms. The Labute approximate surface area is 116 Å². The highest BCUT2D eigenvalue weighted by molar-refractivity contribution is 5.51. The van der Waals surface area contributed by atoms with Crippen LogP contribution < -0.4 is 0 Å². The highest BCUT2D eigenvalue weighted by Crippen LogP contribution is 2.24. The molecule has 1 N–H and O–H groups in total. The Hall–Kier alpha value is -2.46. The van der Waals surface area contributed by atoms with Crippen LogP contribution in [0.5, 0.6) is 0 Å². The smallest absolute Gasteiger partial charge is 0.249 e. The molecule has 20 heavy (non-hydrogen) atoms. The average Bonchev–Trinajstić information content (AvgIpc) is 2.98. The lowest BCUT2D eigenvalue weighted by Crippen LogP contribution is -1.99. The van der Waals surface area contributed by atoms with Gasteiger partial charge >= 0.3 is 0 Å². The third-order valence-corrected chi connectivity index (χ3v) is 3.09. The molecule has 0 aliphatic heterocycles. The van der Waals surface area contributed by atoms with Crippen molar-refractivity contribution in [1.29, 1.82) is 0 Å². The second-order valence-electron chi connectivity index (χ2n) is 4.62.